The van der Waals surface area contributed by atoms with E-state index in [1.54, 1.807) is 6.92 Å². The molecule has 0 bridgehead atoms. The molecule has 1 rings (SSSR count). The molecular weight excluding hydrogens is 223 g/mol. The van der Waals surface area contributed by atoms with Gasteiger partial charge in [0.2, 0.25) is 0 Å². The second-order valence-electron chi connectivity index (χ2n) is 2.96. The maximum Gasteiger partial charge on any atom is 0.416 e. The Hall–Kier alpha value is -1.79. The van der Waals surface area contributed by atoms with Crippen LogP contribution in [-0.4, -0.2) is 11.4 Å². The van der Waals surface area contributed by atoms with E-state index >= 15 is 0 Å². The minimum absolute atomic E-state index is 0.115. The van der Waals surface area contributed by atoms with Gasteiger partial charge >= 0.3 is 6.18 Å². The molecule has 0 unspecified atom stereocenters. The van der Waals surface area contributed by atoms with E-state index in [1.807, 2.05) is 0 Å². The van der Waals surface area contributed by atoms with Crippen LogP contribution in [0.15, 0.2) is 29.5 Å². The van der Waals surface area contributed by atoms with Crippen molar-refractivity contribution in [3.8, 4) is 0 Å². The van der Waals surface area contributed by atoms with Gasteiger partial charge in [0.05, 0.1) is 10.8 Å². The molecule has 16 heavy (non-hydrogen) atoms. The monoisotopic (exact) mass is 233 g/mol. The quantitative estimate of drug-likeness (QED) is 0.495. The zero-order valence-corrected chi connectivity index (χ0v) is 8.45. The highest BCUT2D eigenvalue weighted by Gasteiger charge is 2.30. The molecule has 0 aliphatic heterocycles. The summed E-state index contributed by atoms with van der Waals surface area (Å²) in [6, 6.07) is 4.46. The first kappa shape index (κ1) is 12.3. The topological polar surface area (TPSA) is 50.5 Å². The standard InChI is InChI=1S/C9H10F3N3O/c1-2-15(16)14-13-8-5-3-4-7(6-8)9(10,11)12/h3-6,13H,2H2,1H3/b15-14-. The van der Waals surface area contributed by atoms with Gasteiger partial charge in [-0.15, -0.1) is 5.43 Å². The summed E-state index contributed by atoms with van der Waals surface area (Å²) < 4.78 is 36.9. The van der Waals surface area contributed by atoms with E-state index < -0.39 is 11.7 Å². The molecule has 0 fully saturated rings. The van der Waals surface area contributed by atoms with Crippen molar-refractivity contribution in [2.24, 2.45) is 5.22 Å². The SMILES string of the molecule is CC/[N+]([O-])=N/Nc1cccc(C(F)(F)F)c1. The van der Waals surface area contributed by atoms with E-state index in [-0.39, 0.29) is 12.2 Å². The number of benzene rings is 1. The van der Waals surface area contributed by atoms with Gasteiger partial charge in [-0.05, 0) is 25.1 Å². The first-order valence-electron chi connectivity index (χ1n) is 4.52. The molecule has 0 saturated heterocycles. The molecule has 0 heterocycles. The molecule has 1 aromatic rings. The van der Waals surface area contributed by atoms with Crippen LogP contribution in [-0.2, 0) is 6.18 Å². The summed E-state index contributed by atoms with van der Waals surface area (Å²) in [7, 11) is 0. The molecule has 1 aromatic carbocycles. The smallest absolute Gasteiger partial charge is 0.416 e. The Labute approximate surface area is 89.9 Å². The Morgan fingerprint density at radius 1 is 1.44 bits per heavy atom. The van der Waals surface area contributed by atoms with Crippen LogP contribution in [0.25, 0.3) is 0 Å². The fourth-order valence-electron chi connectivity index (χ4n) is 0.949. The maximum atomic E-state index is 12.3. The lowest BCUT2D eigenvalue weighted by Crippen LogP contribution is -2.06. The minimum Gasteiger partial charge on any atom is -0.696 e. The van der Waals surface area contributed by atoms with Crippen molar-refractivity contribution >= 4 is 5.69 Å². The summed E-state index contributed by atoms with van der Waals surface area (Å²) >= 11 is 0. The number of hydrogen-bond donors (Lipinski definition) is 1. The average Bonchev–Trinajstić information content (AvgIpc) is 2.25. The summed E-state index contributed by atoms with van der Waals surface area (Å²) in [6.07, 6.45) is -4.40. The summed E-state index contributed by atoms with van der Waals surface area (Å²) in [5, 5.41) is 14.0. The highest BCUT2D eigenvalue weighted by atomic mass is 19.4. The van der Waals surface area contributed by atoms with Crippen molar-refractivity contribution in [2.45, 2.75) is 13.1 Å². The second kappa shape index (κ2) is 4.82. The lowest BCUT2D eigenvalue weighted by Gasteiger charge is -2.06. The molecule has 4 nitrogen and oxygen atoms in total. The Morgan fingerprint density at radius 2 is 2.12 bits per heavy atom. The molecule has 0 saturated carbocycles. The molecule has 0 spiro atoms. The third-order valence-corrected chi connectivity index (χ3v) is 1.75. The number of nitrogens with one attached hydrogen (secondary N) is 1. The number of anilines is 1. The number of nitrogens with zero attached hydrogens (tertiary/aromatic N) is 2. The third-order valence-electron chi connectivity index (χ3n) is 1.75. The van der Waals surface area contributed by atoms with Crippen LogP contribution in [0, 0.1) is 5.21 Å². The molecule has 0 radical (unpaired) electrons. The predicted molar refractivity (Wildman–Crippen MR) is 51.7 cm³/mol. The van der Waals surface area contributed by atoms with Crippen molar-refractivity contribution < 1.29 is 18.0 Å². The Bertz CT molecular complexity index is 390. The van der Waals surface area contributed by atoms with E-state index in [1.165, 1.54) is 12.1 Å². The van der Waals surface area contributed by atoms with Crippen LogP contribution in [0.4, 0.5) is 18.9 Å². The third kappa shape index (κ3) is 3.41. The summed E-state index contributed by atoms with van der Waals surface area (Å²) in [5.74, 6) is 0. The van der Waals surface area contributed by atoms with Gasteiger partial charge in [-0.2, -0.15) is 18.0 Å². The van der Waals surface area contributed by atoms with Crippen LogP contribution in [0.3, 0.4) is 0 Å². The number of rotatable bonds is 3. The predicted octanol–water partition coefficient (Wildman–Crippen LogP) is 3.01. The summed E-state index contributed by atoms with van der Waals surface area (Å²) in [5.41, 5.74) is 1.57. The van der Waals surface area contributed by atoms with Gasteiger partial charge in [0.25, 0.3) is 0 Å². The fourth-order valence-corrected chi connectivity index (χ4v) is 0.949. The molecule has 0 aliphatic carbocycles. The molecule has 1 N–H and O–H groups in total. The highest BCUT2D eigenvalue weighted by Crippen LogP contribution is 2.30. The van der Waals surface area contributed by atoms with Crippen LogP contribution in [0.1, 0.15) is 12.5 Å². The first-order valence-corrected chi connectivity index (χ1v) is 4.52. The van der Waals surface area contributed by atoms with Crippen LogP contribution in [0.5, 0.6) is 0 Å². The Balaban J connectivity index is 2.84. The van der Waals surface area contributed by atoms with Crippen molar-refractivity contribution in [1.29, 1.82) is 0 Å². The molecule has 0 aromatic heterocycles. The minimum atomic E-state index is -4.40. The number of hydrogen-bond acceptors (Lipinski definition) is 2. The molecule has 7 heteroatoms. The van der Waals surface area contributed by atoms with Crippen LogP contribution in [0.2, 0.25) is 0 Å². The zero-order valence-electron chi connectivity index (χ0n) is 8.45. The average molecular weight is 233 g/mol. The number of alkyl halides is 3. The zero-order chi connectivity index (χ0) is 12.2. The van der Waals surface area contributed by atoms with Gasteiger partial charge in [-0.1, -0.05) is 6.07 Å². The summed E-state index contributed by atoms with van der Waals surface area (Å²) in [4.78, 5) is 0.334. The van der Waals surface area contributed by atoms with Gasteiger partial charge in [-0.25, -0.2) is 0 Å². The fraction of sp³-hybridized carbons (Fsp3) is 0.333. The largest absolute Gasteiger partial charge is 0.696 e. The molecular formula is C9H10F3N3O. The van der Waals surface area contributed by atoms with Gasteiger partial charge in [0.15, 0.2) is 0 Å². The van der Waals surface area contributed by atoms with Gasteiger partial charge in [0.1, 0.15) is 12.2 Å². The van der Waals surface area contributed by atoms with E-state index in [2.05, 4.69) is 10.6 Å². The van der Waals surface area contributed by atoms with E-state index in [4.69, 9.17) is 0 Å². The Kier molecular flexibility index (Phi) is 3.70. The van der Waals surface area contributed by atoms with Gasteiger partial charge < -0.3 is 5.21 Å². The van der Waals surface area contributed by atoms with E-state index in [9.17, 15) is 18.4 Å². The lowest BCUT2D eigenvalue weighted by molar-refractivity contribution is -0.524. The van der Waals surface area contributed by atoms with Crippen molar-refractivity contribution in [2.75, 3.05) is 12.0 Å². The summed E-state index contributed by atoms with van der Waals surface area (Å²) in [6.45, 7) is 1.69. The molecule has 0 amide bonds. The molecule has 0 aliphatic rings. The van der Waals surface area contributed by atoms with E-state index in [0.717, 1.165) is 12.1 Å². The molecule has 0 atom stereocenters. The van der Waals surface area contributed by atoms with Gasteiger partial charge in [-0.3, -0.25) is 0 Å². The highest BCUT2D eigenvalue weighted by molar-refractivity contribution is 5.45. The number of hydroxylamine groups is 1. The maximum absolute atomic E-state index is 12.3. The normalized spacial score (nSPS) is 12.6. The van der Waals surface area contributed by atoms with Crippen molar-refractivity contribution in [3.05, 3.63) is 35.0 Å². The van der Waals surface area contributed by atoms with Crippen LogP contribution >= 0.6 is 0 Å². The Morgan fingerprint density at radius 3 is 2.69 bits per heavy atom. The van der Waals surface area contributed by atoms with Gasteiger partial charge in [0, 0.05) is 0 Å². The van der Waals surface area contributed by atoms with Crippen molar-refractivity contribution in [3.63, 3.8) is 0 Å². The lowest BCUT2D eigenvalue weighted by atomic mass is 10.2. The first-order chi connectivity index (χ1) is 7.43. The van der Waals surface area contributed by atoms with E-state index in [0.29, 0.717) is 4.86 Å². The second-order valence-corrected chi connectivity index (χ2v) is 2.96. The molecule has 88 valence electrons. The number of halogens is 3. The van der Waals surface area contributed by atoms with Crippen molar-refractivity contribution in [1.82, 2.24) is 0 Å². The van der Waals surface area contributed by atoms with Crippen LogP contribution < -0.4 is 5.43 Å².